The lowest BCUT2D eigenvalue weighted by Crippen LogP contribution is -2.51. The van der Waals surface area contributed by atoms with Crippen molar-refractivity contribution in [2.45, 2.75) is 6.04 Å². The first-order valence-electron chi connectivity index (χ1n) is 11.1. The topological polar surface area (TPSA) is 89.8 Å². The molecule has 1 atom stereocenters. The molecular weight excluding hydrogens is 416 g/mol. The monoisotopic (exact) mass is 444 g/mol. The summed E-state index contributed by atoms with van der Waals surface area (Å²) < 4.78 is 0. The fourth-order valence-electron chi connectivity index (χ4n) is 3.91. The van der Waals surface area contributed by atoms with E-state index in [0.29, 0.717) is 11.5 Å². The van der Waals surface area contributed by atoms with Gasteiger partial charge in [0.25, 0.3) is 0 Å². The van der Waals surface area contributed by atoms with Crippen LogP contribution in [0, 0.1) is 0 Å². The van der Waals surface area contributed by atoms with Crippen LogP contribution in [0.5, 0.6) is 0 Å². The van der Waals surface area contributed by atoms with Crippen molar-refractivity contribution in [3.63, 3.8) is 0 Å². The molecule has 2 heterocycles. The van der Waals surface area contributed by atoms with Crippen LogP contribution in [0.4, 0.5) is 5.95 Å². The molecule has 0 aliphatic carbocycles. The first-order chi connectivity index (χ1) is 16.2. The molecule has 2 aromatic carbocycles. The summed E-state index contributed by atoms with van der Waals surface area (Å²) in [4.78, 5) is 24.4. The molecule has 170 valence electrons. The minimum atomic E-state index is -0.547. The maximum atomic E-state index is 11.5. The molecule has 1 fully saturated rings. The van der Waals surface area contributed by atoms with E-state index in [1.54, 1.807) is 0 Å². The number of ketones is 1. The molecule has 7 heteroatoms. The standard InChI is InChI=1S/C26H28N4O3/c31-18-24(11-8-20-6-9-22(10-7-20)21-4-2-1-3-5-21)29-12-14-30(15-13-29)26-27-16-23(17-28-26)25(33)19-32/h1-11,16-17,24,31-32H,12-15,18-19H2/b11-8+. The molecule has 2 N–H and O–H groups in total. The van der Waals surface area contributed by atoms with Crippen LogP contribution in [-0.2, 0) is 0 Å². The summed E-state index contributed by atoms with van der Waals surface area (Å²) in [5.74, 6) is 0.178. The SMILES string of the molecule is O=C(CO)c1cnc(N2CCN(C(/C=C/c3ccc(-c4ccccc4)cc3)CO)CC2)nc1. The van der Waals surface area contributed by atoms with E-state index < -0.39 is 12.4 Å². The number of aliphatic hydroxyl groups is 2. The van der Waals surface area contributed by atoms with Gasteiger partial charge in [-0.25, -0.2) is 9.97 Å². The first kappa shape index (κ1) is 22.8. The Balaban J connectivity index is 1.33. The molecule has 33 heavy (non-hydrogen) atoms. The summed E-state index contributed by atoms with van der Waals surface area (Å²) in [5.41, 5.74) is 3.77. The van der Waals surface area contributed by atoms with Crippen LogP contribution in [0.25, 0.3) is 17.2 Å². The lowest BCUT2D eigenvalue weighted by molar-refractivity contribution is 0.0903. The van der Waals surface area contributed by atoms with Crippen molar-refractivity contribution in [2.24, 2.45) is 0 Å². The number of benzene rings is 2. The smallest absolute Gasteiger partial charge is 0.225 e. The van der Waals surface area contributed by atoms with E-state index in [2.05, 4.69) is 68.3 Å². The van der Waals surface area contributed by atoms with Crippen molar-refractivity contribution in [3.8, 4) is 11.1 Å². The molecule has 0 saturated carbocycles. The minimum absolute atomic E-state index is 0.0487. The molecule has 1 saturated heterocycles. The molecule has 0 bridgehead atoms. The van der Waals surface area contributed by atoms with Crippen molar-refractivity contribution >= 4 is 17.8 Å². The minimum Gasteiger partial charge on any atom is -0.394 e. The maximum absolute atomic E-state index is 11.5. The molecular formula is C26H28N4O3. The van der Waals surface area contributed by atoms with Gasteiger partial charge >= 0.3 is 0 Å². The zero-order chi connectivity index (χ0) is 23.0. The molecule has 7 nitrogen and oxygen atoms in total. The Kier molecular flexibility index (Phi) is 7.57. The number of hydrogen-bond acceptors (Lipinski definition) is 7. The van der Waals surface area contributed by atoms with Crippen molar-refractivity contribution in [1.82, 2.24) is 14.9 Å². The summed E-state index contributed by atoms with van der Waals surface area (Å²) in [6, 6.07) is 18.6. The highest BCUT2D eigenvalue weighted by Gasteiger charge is 2.23. The van der Waals surface area contributed by atoms with Crippen LogP contribution in [0.2, 0.25) is 0 Å². The van der Waals surface area contributed by atoms with Gasteiger partial charge in [0.2, 0.25) is 5.95 Å². The highest BCUT2D eigenvalue weighted by atomic mass is 16.3. The van der Waals surface area contributed by atoms with Crippen LogP contribution >= 0.6 is 0 Å². The normalized spacial score (nSPS) is 15.6. The Morgan fingerprint density at radius 2 is 1.55 bits per heavy atom. The second kappa shape index (κ2) is 11.0. The van der Waals surface area contributed by atoms with Gasteiger partial charge in [0.05, 0.1) is 18.2 Å². The molecule has 1 aliphatic heterocycles. The van der Waals surface area contributed by atoms with Crippen molar-refractivity contribution in [1.29, 1.82) is 0 Å². The second-order valence-electron chi connectivity index (χ2n) is 7.97. The van der Waals surface area contributed by atoms with E-state index >= 15 is 0 Å². The van der Waals surface area contributed by atoms with Gasteiger partial charge in [-0.3, -0.25) is 9.69 Å². The first-order valence-corrected chi connectivity index (χ1v) is 11.1. The Labute approximate surface area is 193 Å². The average Bonchev–Trinajstić information content (AvgIpc) is 2.90. The number of carbonyl (C=O) groups is 1. The van der Waals surface area contributed by atoms with Crippen molar-refractivity contribution in [3.05, 3.63) is 84.2 Å². The van der Waals surface area contributed by atoms with Gasteiger partial charge in [-0.2, -0.15) is 0 Å². The number of carbonyl (C=O) groups excluding carboxylic acids is 1. The largest absolute Gasteiger partial charge is 0.394 e. The predicted molar refractivity (Wildman–Crippen MR) is 129 cm³/mol. The third-order valence-corrected chi connectivity index (χ3v) is 5.89. The van der Waals surface area contributed by atoms with Gasteiger partial charge < -0.3 is 15.1 Å². The van der Waals surface area contributed by atoms with E-state index in [-0.39, 0.29) is 12.6 Å². The van der Waals surface area contributed by atoms with Crippen molar-refractivity contribution in [2.75, 3.05) is 44.3 Å². The predicted octanol–water partition coefficient (Wildman–Crippen LogP) is 2.51. The molecule has 4 rings (SSSR count). The van der Waals surface area contributed by atoms with E-state index in [1.165, 1.54) is 23.5 Å². The highest BCUT2D eigenvalue weighted by molar-refractivity contribution is 5.96. The number of aliphatic hydroxyl groups excluding tert-OH is 2. The quantitative estimate of drug-likeness (QED) is 0.516. The van der Waals surface area contributed by atoms with Gasteiger partial charge in [-0.1, -0.05) is 66.7 Å². The van der Waals surface area contributed by atoms with Crippen LogP contribution in [0.3, 0.4) is 0 Å². The zero-order valence-corrected chi connectivity index (χ0v) is 18.4. The fraction of sp³-hybridized carbons (Fsp3) is 0.269. The zero-order valence-electron chi connectivity index (χ0n) is 18.4. The number of Topliss-reactive ketones (excluding diaryl/α,β-unsaturated/α-hetero) is 1. The molecule has 0 amide bonds. The Bertz CT molecular complexity index is 1060. The molecule has 1 aliphatic rings. The second-order valence-corrected chi connectivity index (χ2v) is 7.97. The van der Waals surface area contributed by atoms with E-state index in [9.17, 15) is 9.90 Å². The Morgan fingerprint density at radius 3 is 2.15 bits per heavy atom. The van der Waals surface area contributed by atoms with Crippen LogP contribution in [-0.4, -0.2) is 76.3 Å². The van der Waals surface area contributed by atoms with E-state index in [0.717, 1.165) is 31.7 Å². The number of nitrogens with zero attached hydrogens (tertiary/aromatic N) is 4. The number of piperazine rings is 1. The number of hydrogen-bond donors (Lipinski definition) is 2. The molecule has 0 radical (unpaired) electrons. The van der Waals surface area contributed by atoms with Gasteiger partial charge in [-0.15, -0.1) is 0 Å². The highest BCUT2D eigenvalue weighted by Crippen LogP contribution is 2.20. The summed E-state index contributed by atoms with van der Waals surface area (Å²) in [5, 5.41) is 18.9. The third kappa shape index (κ3) is 5.70. The van der Waals surface area contributed by atoms with Gasteiger partial charge in [0.15, 0.2) is 5.78 Å². The Morgan fingerprint density at radius 1 is 0.909 bits per heavy atom. The summed E-state index contributed by atoms with van der Waals surface area (Å²) in [7, 11) is 0. The van der Waals surface area contributed by atoms with Gasteiger partial charge in [0, 0.05) is 38.6 Å². The molecule has 1 unspecified atom stereocenters. The third-order valence-electron chi connectivity index (χ3n) is 5.89. The lowest BCUT2D eigenvalue weighted by Gasteiger charge is -2.37. The van der Waals surface area contributed by atoms with Gasteiger partial charge in [-0.05, 0) is 16.7 Å². The van der Waals surface area contributed by atoms with E-state index in [4.69, 9.17) is 5.11 Å². The number of rotatable bonds is 8. The summed E-state index contributed by atoms with van der Waals surface area (Å²) in [6.45, 7) is 2.49. The maximum Gasteiger partial charge on any atom is 0.225 e. The van der Waals surface area contributed by atoms with E-state index in [1.807, 2.05) is 18.2 Å². The number of aromatic nitrogens is 2. The lowest BCUT2D eigenvalue weighted by atomic mass is 10.0. The molecule has 3 aromatic rings. The summed E-state index contributed by atoms with van der Waals surface area (Å²) in [6.07, 6.45) is 7.02. The fourth-order valence-corrected chi connectivity index (χ4v) is 3.91. The number of anilines is 1. The van der Waals surface area contributed by atoms with Crippen LogP contribution in [0.1, 0.15) is 15.9 Å². The molecule has 1 aromatic heterocycles. The molecule has 0 spiro atoms. The Hall–Kier alpha value is -3.39. The van der Waals surface area contributed by atoms with Gasteiger partial charge in [0.1, 0.15) is 6.61 Å². The van der Waals surface area contributed by atoms with Crippen LogP contribution < -0.4 is 4.90 Å². The average molecular weight is 445 g/mol. The van der Waals surface area contributed by atoms with Crippen molar-refractivity contribution < 1.29 is 15.0 Å². The van der Waals surface area contributed by atoms with Crippen LogP contribution in [0.15, 0.2) is 73.1 Å². The summed E-state index contributed by atoms with van der Waals surface area (Å²) >= 11 is 0.